The minimum atomic E-state index is 0.607. The molecule has 0 atom stereocenters. The second-order valence-electron chi connectivity index (χ2n) is 4.56. The molecule has 1 aromatic heterocycles. The molecule has 0 aliphatic heterocycles. The van der Waals surface area contributed by atoms with E-state index in [9.17, 15) is 0 Å². The van der Waals surface area contributed by atoms with Gasteiger partial charge >= 0.3 is 0 Å². The molecule has 0 aliphatic rings. The Balaban J connectivity index is 2.59. The van der Waals surface area contributed by atoms with Crippen LogP contribution in [0.25, 0.3) is 0 Å². The fourth-order valence-electron chi connectivity index (χ4n) is 1.96. The van der Waals surface area contributed by atoms with Gasteiger partial charge in [-0.15, -0.1) is 12.6 Å². The number of hydrogen-bond donors (Lipinski definition) is 1. The van der Waals surface area contributed by atoms with Gasteiger partial charge in [-0.3, -0.25) is 0 Å². The third-order valence-electron chi connectivity index (χ3n) is 3.01. The van der Waals surface area contributed by atoms with Crippen LogP contribution in [-0.4, -0.2) is 9.97 Å². The Labute approximate surface area is 111 Å². The van der Waals surface area contributed by atoms with Crippen LogP contribution in [0.4, 0.5) is 0 Å². The summed E-state index contributed by atoms with van der Waals surface area (Å²) in [6, 6.07) is 0. The van der Waals surface area contributed by atoms with E-state index in [0.717, 1.165) is 12.8 Å². The zero-order chi connectivity index (χ0) is 12.5. The fourth-order valence-corrected chi connectivity index (χ4v) is 2.14. The third kappa shape index (κ3) is 5.53. The number of aryl methyl sites for hydroxylation is 2. The summed E-state index contributed by atoms with van der Waals surface area (Å²) in [5.41, 5.74) is 2.54. The summed E-state index contributed by atoms with van der Waals surface area (Å²) in [7, 11) is 0. The van der Waals surface area contributed by atoms with E-state index in [0.29, 0.717) is 5.16 Å². The van der Waals surface area contributed by atoms with Gasteiger partial charge in [0.05, 0.1) is 0 Å². The zero-order valence-corrected chi connectivity index (χ0v) is 12.0. The van der Waals surface area contributed by atoms with Crippen LogP contribution in [0.1, 0.15) is 63.6 Å². The Morgan fingerprint density at radius 3 is 2.29 bits per heavy atom. The lowest BCUT2D eigenvalue weighted by Crippen LogP contribution is -2.01. The molecule has 0 saturated heterocycles. The molecule has 17 heavy (non-hydrogen) atoms. The van der Waals surface area contributed by atoms with Crippen molar-refractivity contribution < 1.29 is 0 Å². The van der Waals surface area contributed by atoms with Gasteiger partial charge in [-0.2, -0.15) is 0 Å². The van der Waals surface area contributed by atoms with Crippen molar-refractivity contribution in [3.8, 4) is 0 Å². The molecule has 3 heteroatoms. The average Bonchev–Trinajstić information content (AvgIpc) is 2.32. The molecule has 0 bridgehead atoms. The standard InChI is InChI=1S/C14H24N2S/c1-3-5-7-9-12-11-15-14(17)16-13(12)10-8-6-4-2/h11H,3-10H2,1-2H3,(H,15,16,17). The highest BCUT2D eigenvalue weighted by atomic mass is 32.1. The van der Waals surface area contributed by atoms with Crippen LogP contribution in [0.5, 0.6) is 0 Å². The van der Waals surface area contributed by atoms with Gasteiger partial charge in [-0.1, -0.05) is 39.5 Å². The molecule has 0 spiro atoms. The van der Waals surface area contributed by atoms with Crippen LogP contribution >= 0.6 is 12.6 Å². The summed E-state index contributed by atoms with van der Waals surface area (Å²) in [6.07, 6.45) is 11.7. The molecule has 96 valence electrons. The number of nitrogens with zero attached hydrogens (tertiary/aromatic N) is 2. The minimum absolute atomic E-state index is 0.607. The lowest BCUT2D eigenvalue weighted by molar-refractivity contribution is 0.671. The van der Waals surface area contributed by atoms with Crippen molar-refractivity contribution in [1.29, 1.82) is 0 Å². The van der Waals surface area contributed by atoms with Gasteiger partial charge in [0.1, 0.15) is 0 Å². The zero-order valence-electron chi connectivity index (χ0n) is 11.1. The highest BCUT2D eigenvalue weighted by Crippen LogP contribution is 2.14. The van der Waals surface area contributed by atoms with Crippen LogP contribution in [0.15, 0.2) is 11.4 Å². The van der Waals surface area contributed by atoms with E-state index in [2.05, 4.69) is 36.4 Å². The summed E-state index contributed by atoms with van der Waals surface area (Å²) < 4.78 is 0. The van der Waals surface area contributed by atoms with Crippen LogP contribution < -0.4 is 0 Å². The quantitative estimate of drug-likeness (QED) is 0.425. The monoisotopic (exact) mass is 252 g/mol. The molecule has 0 aliphatic carbocycles. The van der Waals surface area contributed by atoms with Gasteiger partial charge in [0.25, 0.3) is 0 Å². The van der Waals surface area contributed by atoms with Crippen molar-refractivity contribution in [3.63, 3.8) is 0 Å². The number of thiol groups is 1. The molecule has 0 amide bonds. The second kappa shape index (κ2) is 8.51. The van der Waals surface area contributed by atoms with Crippen molar-refractivity contribution in [2.75, 3.05) is 0 Å². The summed E-state index contributed by atoms with van der Waals surface area (Å²) >= 11 is 4.23. The van der Waals surface area contributed by atoms with E-state index < -0.39 is 0 Å². The van der Waals surface area contributed by atoms with Crippen LogP contribution in [0, 0.1) is 0 Å². The lowest BCUT2D eigenvalue weighted by Gasteiger charge is -2.08. The Bertz CT molecular complexity index is 326. The van der Waals surface area contributed by atoms with Gasteiger partial charge in [-0.25, -0.2) is 9.97 Å². The van der Waals surface area contributed by atoms with Crippen LogP contribution in [0.2, 0.25) is 0 Å². The minimum Gasteiger partial charge on any atom is -0.231 e. The normalized spacial score (nSPS) is 10.8. The number of unbranched alkanes of at least 4 members (excludes halogenated alkanes) is 4. The predicted molar refractivity (Wildman–Crippen MR) is 75.7 cm³/mol. The molecule has 0 saturated carbocycles. The largest absolute Gasteiger partial charge is 0.231 e. The van der Waals surface area contributed by atoms with E-state index in [1.807, 2.05) is 6.20 Å². The average molecular weight is 252 g/mol. The maximum Gasteiger partial charge on any atom is 0.184 e. The highest BCUT2D eigenvalue weighted by Gasteiger charge is 2.05. The summed E-state index contributed by atoms with van der Waals surface area (Å²) in [5.74, 6) is 0. The SMILES string of the molecule is CCCCCc1cnc(S)nc1CCCCC. The Hall–Kier alpha value is -0.570. The molecule has 0 radical (unpaired) electrons. The van der Waals surface area contributed by atoms with E-state index in [4.69, 9.17) is 0 Å². The van der Waals surface area contributed by atoms with Gasteiger partial charge in [0, 0.05) is 11.9 Å². The smallest absolute Gasteiger partial charge is 0.184 e. The van der Waals surface area contributed by atoms with E-state index in [1.165, 1.54) is 49.8 Å². The molecule has 0 N–H and O–H groups in total. The Morgan fingerprint density at radius 2 is 1.65 bits per heavy atom. The van der Waals surface area contributed by atoms with E-state index in [1.54, 1.807) is 0 Å². The summed E-state index contributed by atoms with van der Waals surface area (Å²) in [5, 5.41) is 0.607. The van der Waals surface area contributed by atoms with Crippen molar-refractivity contribution >= 4 is 12.6 Å². The third-order valence-corrected chi connectivity index (χ3v) is 3.22. The van der Waals surface area contributed by atoms with E-state index >= 15 is 0 Å². The second-order valence-corrected chi connectivity index (χ2v) is 4.96. The first-order valence-corrected chi connectivity index (χ1v) is 7.26. The van der Waals surface area contributed by atoms with Crippen molar-refractivity contribution in [2.24, 2.45) is 0 Å². The maximum atomic E-state index is 4.48. The van der Waals surface area contributed by atoms with Crippen LogP contribution in [-0.2, 0) is 12.8 Å². The lowest BCUT2D eigenvalue weighted by atomic mass is 10.0. The Kier molecular flexibility index (Phi) is 7.25. The van der Waals surface area contributed by atoms with E-state index in [-0.39, 0.29) is 0 Å². The predicted octanol–water partition coefficient (Wildman–Crippen LogP) is 4.23. The molecule has 0 fully saturated rings. The van der Waals surface area contributed by atoms with Crippen molar-refractivity contribution in [2.45, 2.75) is 70.4 Å². The first kappa shape index (κ1) is 14.5. The Morgan fingerprint density at radius 1 is 1.00 bits per heavy atom. The molecular formula is C14H24N2S. The number of aromatic nitrogens is 2. The van der Waals surface area contributed by atoms with Gasteiger partial charge < -0.3 is 0 Å². The molecule has 1 heterocycles. The topological polar surface area (TPSA) is 25.8 Å². The first-order chi connectivity index (χ1) is 8.27. The van der Waals surface area contributed by atoms with Crippen molar-refractivity contribution in [3.05, 3.63) is 17.5 Å². The van der Waals surface area contributed by atoms with Gasteiger partial charge in [-0.05, 0) is 31.2 Å². The first-order valence-electron chi connectivity index (χ1n) is 6.81. The van der Waals surface area contributed by atoms with Crippen molar-refractivity contribution in [1.82, 2.24) is 9.97 Å². The number of hydrogen-bond acceptors (Lipinski definition) is 3. The summed E-state index contributed by atoms with van der Waals surface area (Å²) in [6.45, 7) is 4.46. The number of rotatable bonds is 8. The molecule has 2 nitrogen and oxygen atoms in total. The van der Waals surface area contributed by atoms with Gasteiger partial charge in [0.2, 0.25) is 0 Å². The summed E-state index contributed by atoms with van der Waals surface area (Å²) in [4.78, 5) is 8.68. The fraction of sp³-hybridized carbons (Fsp3) is 0.714. The van der Waals surface area contributed by atoms with Gasteiger partial charge in [0.15, 0.2) is 5.16 Å². The molecular weight excluding hydrogens is 228 g/mol. The van der Waals surface area contributed by atoms with Crippen LogP contribution in [0.3, 0.4) is 0 Å². The molecule has 0 unspecified atom stereocenters. The molecule has 1 rings (SSSR count). The molecule has 1 aromatic rings. The highest BCUT2D eigenvalue weighted by molar-refractivity contribution is 7.80. The maximum absolute atomic E-state index is 4.48. The molecule has 0 aromatic carbocycles.